The van der Waals surface area contributed by atoms with Gasteiger partial charge in [-0.15, -0.1) is 11.3 Å². The molecular formula is C22H23BrN2OS. The minimum atomic E-state index is -0.218. The summed E-state index contributed by atoms with van der Waals surface area (Å²) in [5.74, 6) is -0.218. The largest absolute Gasteiger partial charge is 0.316 e. The van der Waals surface area contributed by atoms with Crippen molar-refractivity contribution in [3.8, 4) is 11.3 Å². The van der Waals surface area contributed by atoms with Crippen molar-refractivity contribution in [2.45, 2.75) is 40.2 Å². The van der Waals surface area contributed by atoms with Crippen LogP contribution in [0.25, 0.3) is 11.3 Å². The van der Waals surface area contributed by atoms with Gasteiger partial charge in [-0.05, 0) is 53.9 Å². The number of carbonyl (C=O) groups is 1. The lowest BCUT2D eigenvalue weighted by molar-refractivity contribution is 0.0997. The van der Waals surface area contributed by atoms with Crippen molar-refractivity contribution >= 4 is 33.2 Å². The maximum Gasteiger partial charge on any atom is 0.280 e. The molecule has 0 atom stereocenters. The standard InChI is InChI=1S/C22H23BrN2OS/c1-4-8-19-20(16-13-11-15(3)12-14-16)25(5-2)22(27-19)24-21(26)17-9-6-7-10-18(17)23/h6-7,9-14H,4-5,8H2,1-3H3. The van der Waals surface area contributed by atoms with E-state index in [-0.39, 0.29) is 5.91 Å². The average Bonchev–Trinajstić information content (AvgIpc) is 3.00. The maximum atomic E-state index is 12.8. The van der Waals surface area contributed by atoms with Crippen LogP contribution in [0.1, 0.15) is 41.1 Å². The van der Waals surface area contributed by atoms with E-state index in [2.05, 4.69) is 70.5 Å². The predicted molar refractivity (Wildman–Crippen MR) is 116 cm³/mol. The molecule has 1 aromatic heterocycles. The zero-order chi connectivity index (χ0) is 19.4. The minimum Gasteiger partial charge on any atom is -0.316 e. The number of nitrogens with zero attached hydrogens (tertiary/aromatic N) is 2. The van der Waals surface area contributed by atoms with E-state index in [4.69, 9.17) is 0 Å². The maximum absolute atomic E-state index is 12.8. The van der Waals surface area contributed by atoms with E-state index in [0.29, 0.717) is 5.56 Å². The summed E-state index contributed by atoms with van der Waals surface area (Å²) >= 11 is 5.07. The molecule has 2 aromatic carbocycles. The van der Waals surface area contributed by atoms with Gasteiger partial charge in [-0.25, -0.2) is 0 Å². The number of aryl methyl sites for hydroxylation is 2. The summed E-state index contributed by atoms with van der Waals surface area (Å²) in [7, 11) is 0. The van der Waals surface area contributed by atoms with Gasteiger partial charge < -0.3 is 4.57 Å². The van der Waals surface area contributed by atoms with Crippen molar-refractivity contribution in [1.29, 1.82) is 0 Å². The molecule has 0 aliphatic rings. The third-order valence-corrected chi connectivity index (χ3v) is 6.23. The predicted octanol–water partition coefficient (Wildman–Crippen LogP) is 6.00. The molecule has 0 radical (unpaired) electrons. The van der Waals surface area contributed by atoms with E-state index in [1.807, 2.05) is 18.2 Å². The number of benzene rings is 2. The number of rotatable bonds is 5. The highest BCUT2D eigenvalue weighted by Crippen LogP contribution is 2.28. The van der Waals surface area contributed by atoms with Crippen LogP contribution in [0.15, 0.2) is 58.0 Å². The molecular weight excluding hydrogens is 420 g/mol. The van der Waals surface area contributed by atoms with Gasteiger partial charge in [-0.2, -0.15) is 4.99 Å². The monoisotopic (exact) mass is 442 g/mol. The summed E-state index contributed by atoms with van der Waals surface area (Å²) < 4.78 is 2.93. The lowest BCUT2D eigenvalue weighted by atomic mass is 10.1. The first-order valence-electron chi connectivity index (χ1n) is 9.18. The highest BCUT2D eigenvalue weighted by atomic mass is 79.9. The van der Waals surface area contributed by atoms with Gasteiger partial charge in [0.15, 0.2) is 4.80 Å². The summed E-state index contributed by atoms with van der Waals surface area (Å²) in [6, 6.07) is 16.0. The van der Waals surface area contributed by atoms with Crippen molar-refractivity contribution < 1.29 is 4.79 Å². The van der Waals surface area contributed by atoms with Gasteiger partial charge >= 0.3 is 0 Å². The van der Waals surface area contributed by atoms with Gasteiger partial charge in [0.2, 0.25) is 0 Å². The number of halogens is 1. The Labute approximate surface area is 172 Å². The van der Waals surface area contributed by atoms with Crippen molar-refractivity contribution in [3.05, 3.63) is 73.8 Å². The van der Waals surface area contributed by atoms with Crippen LogP contribution in [0.3, 0.4) is 0 Å². The number of thiazole rings is 1. The van der Waals surface area contributed by atoms with Crippen LogP contribution in [0, 0.1) is 6.92 Å². The Kier molecular flexibility index (Phi) is 6.45. The Morgan fingerprint density at radius 3 is 2.44 bits per heavy atom. The summed E-state index contributed by atoms with van der Waals surface area (Å²) in [5.41, 5.74) is 4.19. The molecule has 0 saturated carbocycles. The quantitative estimate of drug-likeness (QED) is 0.476. The minimum absolute atomic E-state index is 0.218. The fraction of sp³-hybridized carbons (Fsp3) is 0.273. The van der Waals surface area contributed by atoms with E-state index in [0.717, 1.165) is 28.7 Å². The van der Waals surface area contributed by atoms with Gasteiger partial charge in [-0.1, -0.05) is 55.3 Å². The molecule has 0 bridgehead atoms. The van der Waals surface area contributed by atoms with Gasteiger partial charge in [0, 0.05) is 15.9 Å². The summed E-state index contributed by atoms with van der Waals surface area (Å²) in [4.78, 5) is 19.3. The van der Waals surface area contributed by atoms with Crippen LogP contribution in [0.4, 0.5) is 0 Å². The molecule has 5 heteroatoms. The molecule has 1 amide bonds. The zero-order valence-electron chi connectivity index (χ0n) is 15.8. The second-order valence-electron chi connectivity index (χ2n) is 6.41. The molecule has 0 N–H and O–H groups in total. The van der Waals surface area contributed by atoms with Gasteiger partial charge in [-0.3, -0.25) is 4.79 Å². The molecule has 0 unspecified atom stereocenters. The molecule has 0 aliphatic carbocycles. The number of hydrogen-bond donors (Lipinski definition) is 0. The van der Waals surface area contributed by atoms with Crippen LogP contribution >= 0.6 is 27.3 Å². The van der Waals surface area contributed by atoms with E-state index in [9.17, 15) is 4.79 Å². The average molecular weight is 443 g/mol. The van der Waals surface area contributed by atoms with E-state index in [1.54, 1.807) is 17.4 Å². The van der Waals surface area contributed by atoms with E-state index < -0.39 is 0 Å². The van der Waals surface area contributed by atoms with E-state index in [1.165, 1.54) is 21.7 Å². The van der Waals surface area contributed by atoms with Gasteiger partial charge in [0.05, 0.1) is 11.3 Å². The summed E-state index contributed by atoms with van der Waals surface area (Å²) in [6.45, 7) is 7.14. The number of carbonyl (C=O) groups excluding carboxylic acids is 1. The first kappa shape index (κ1) is 19.8. The van der Waals surface area contributed by atoms with Crippen LogP contribution in [0.2, 0.25) is 0 Å². The topological polar surface area (TPSA) is 34.4 Å². The van der Waals surface area contributed by atoms with Crippen molar-refractivity contribution in [2.24, 2.45) is 4.99 Å². The second-order valence-corrected chi connectivity index (χ2v) is 8.33. The van der Waals surface area contributed by atoms with Gasteiger partial charge in [0.25, 0.3) is 5.91 Å². The molecule has 27 heavy (non-hydrogen) atoms. The molecule has 0 fully saturated rings. The van der Waals surface area contributed by atoms with Crippen molar-refractivity contribution in [2.75, 3.05) is 0 Å². The fourth-order valence-electron chi connectivity index (χ4n) is 3.04. The van der Waals surface area contributed by atoms with Crippen molar-refractivity contribution in [1.82, 2.24) is 4.57 Å². The third kappa shape index (κ3) is 4.30. The number of hydrogen-bond acceptors (Lipinski definition) is 2. The second kappa shape index (κ2) is 8.81. The molecule has 3 nitrogen and oxygen atoms in total. The lowest BCUT2D eigenvalue weighted by Crippen LogP contribution is -2.17. The van der Waals surface area contributed by atoms with Crippen LogP contribution < -0.4 is 4.80 Å². The third-order valence-electron chi connectivity index (χ3n) is 4.40. The van der Waals surface area contributed by atoms with Crippen LogP contribution in [-0.4, -0.2) is 10.5 Å². The van der Waals surface area contributed by atoms with E-state index >= 15 is 0 Å². The Morgan fingerprint density at radius 2 is 1.81 bits per heavy atom. The lowest BCUT2D eigenvalue weighted by Gasteiger charge is -2.09. The highest BCUT2D eigenvalue weighted by molar-refractivity contribution is 9.10. The number of amides is 1. The normalized spacial score (nSPS) is 11.8. The SMILES string of the molecule is CCCc1sc(=NC(=O)c2ccccc2Br)n(CC)c1-c1ccc(C)cc1. The molecule has 0 spiro atoms. The fourth-order valence-corrected chi connectivity index (χ4v) is 4.81. The van der Waals surface area contributed by atoms with Gasteiger partial charge in [0.1, 0.15) is 0 Å². The number of aromatic nitrogens is 1. The molecule has 140 valence electrons. The first-order valence-corrected chi connectivity index (χ1v) is 10.8. The Bertz CT molecular complexity index is 1020. The van der Waals surface area contributed by atoms with Crippen molar-refractivity contribution in [3.63, 3.8) is 0 Å². The van der Waals surface area contributed by atoms with Crippen LogP contribution in [-0.2, 0) is 13.0 Å². The molecule has 0 aliphatic heterocycles. The zero-order valence-corrected chi connectivity index (χ0v) is 18.2. The summed E-state index contributed by atoms with van der Waals surface area (Å²) in [5, 5.41) is 0. The smallest absolute Gasteiger partial charge is 0.280 e. The Balaban J connectivity index is 2.16. The highest BCUT2D eigenvalue weighted by Gasteiger charge is 2.16. The summed E-state index contributed by atoms with van der Waals surface area (Å²) in [6.07, 6.45) is 2.04. The Hall–Kier alpha value is -1.98. The molecule has 3 rings (SSSR count). The van der Waals surface area contributed by atoms with Crippen LogP contribution in [0.5, 0.6) is 0 Å². The molecule has 1 heterocycles. The first-order chi connectivity index (χ1) is 13.0. The molecule has 3 aromatic rings. The Morgan fingerprint density at radius 1 is 1.11 bits per heavy atom. The molecule has 0 saturated heterocycles.